The number of aryl methyl sites for hydroxylation is 1. The minimum absolute atomic E-state index is 0.192. The van der Waals surface area contributed by atoms with Crippen molar-refractivity contribution in [2.45, 2.75) is 6.92 Å². The van der Waals surface area contributed by atoms with E-state index in [1.165, 1.54) is 12.1 Å². The molecule has 0 atom stereocenters. The van der Waals surface area contributed by atoms with Gasteiger partial charge < -0.3 is 5.32 Å². The minimum Gasteiger partial charge on any atom is -0.321 e. The Kier molecular flexibility index (Phi) is 2.67. The number of carbonyl (C=O) groups excluding carboxylic acids is 1. The van der Waals surface area contributed by atoms with Crippen LogP contribution in [0.15, 0.2) is 42.5 Å². The van der Waals surface area contributed by atoms with Crippen LogP contribution in [0.3, 0.4) is 0 Å². The van der Waals surface area contributed by atoms with Gasteiger partial charge in [0.05, 0.1) is 0 Å². The monoisotopic (exact) mass is 253 g/mol. The van der Waals surface area contributed by atoms with E-state index in [0.29, 0.717) is 16.8 Å². The molecule has 1 aliphatic rings. The number of amides is 1. The molecule has 0 aromatic heterocycles. The van der Waals surface area contributed by atoms with E-state index in [1.807, 2.05) is 31.2 Å². The lowest BCUT2D eigenvalue weighted by atomic mass is 10.0. The normalized spacial score (nSPS) is 15.5. The number of hydrogen-bond donors (Lipinski definition) is 1. The van der Waals surface area contributed by atoms with Gasteiger partial charge in [0.1, 0.15) is 5.82 Å². The highest BCUT2D eigenvalue weighted by Gasteiger charge is 2.24. The predicted octanol–water partition coefficient (Wildman–Crippen LogP) is 3.63. The summed E-state index contributed by atoms with van der Waals surface area (Å²) in [4.78, 5) is 11.9. The highest BCUT2D eigenvalue weighted by molar-refractivity contribution is 6.34. The van der Waals surface area contributed by atoms with E-state index in [4.69, 9.17) is 0 Å². The summed E-state index contributed by atoms with van der Waals surface area (Å²) >= 11 is 0. The maximum absolute atomic E-state index is 13.3. The average Bonchev–Trinajstić information content (AvgIpc) is 2.66. The Balaban J connectivity index is 2.11. The second-order valence-electron chi connectivity index (χ2n) is 4.62. The van der Waals surface area contributed by atoms with Gasteiger partial charge in [0.15, 0.2) is 0 Å². The van der Waals surface area contributed by atoms with Gasteiger partial charge in [-0.1, -0.05) is 29.8 Å². The first-order valence-electron chi connectivity index (χ1n) is 6.03. The molecule has 0 aliphatic carbocycles. The number of nitrogens with one attached hydrogen (secondary N) is 1. The van der Waals surface area contributed by atoms with Crippen molar-refractivity contribution < 1.29 is 9.18 Å². The molecule has 1 amide bonds. The molecule has 0 unspecified atom stereocenters. The number of fused-ring (bicyclic) bond motifs is 1. The van der Waals surface area contributed by atoms with Crippen molar-refractivity contribution in [3.8, 4) is 0 Å². The first-order chi connectivity index (χ1) is 9.13. The Bertz CT molecular complexity index is 704. The second kappa shape index (κ2) is 4.35. The van der Waals surface area contributed by atoms with Gasteiger partial charge in [0.25, 0.3) is 5.91 Å². The molecule has 2 aromatic rings. The van der Waals surface area contributed by atoms with Gasteiger partial charge in [-0.15, -0.1) is 0 Å². The van der Waals surface area contributed by atoms with Gasteiger partial charge in [-0.3, -0.25) is 4.79 Å². The summed E-state index contributed by atoms with van der Waals surface area (Å²) in [7, 11) is 0. The largest absolute Gasteiger partial charge is 0.321 e. The van der Waals surface area contributed by atoms with Crippen molar-refractivity contribution in [2.24, 2.45) is 0 Å². The van der Waals surface area contributed by atoms with Gasteiger partial charge in [0, 0.05) is 16.8 Å². The molecule has 0 radical (unpaired) electrons. The Hall–Kier alpha value is -2.42. The Morgan fingerprint density at radius 2 is 2.00 bits per heavy atom. The fraction of sp³-hybridized carbons (Fsp3) is 0.0625. The summed E-state index contributed by atoms with van der Waals surface area (Å²) in [6.45, 7) is 1.99. The van der Waals surface area contributed by atoms with E-state index in [1.54, 1.807) is 12.1 Å². The fourth-order valence-corrected chi connectivity index (χ4v) is 2.23. The van der Waals surface area contributed by atoms with Crippen LogP contribution in [0.25, 0.3) is 11.6 Å². The molecule has 0 bridgehead atoms. The van der Waals surface area contributed by atoms with Crippen molar-refractivity contribution >= 4 is 23.2 Å². The Labute approximate surface area is 110 Å². The molecule has 2 aromatic carbocycles. The zero-order valence-electron chi connectivity index (χ0n) is 10.4. The standard InChI is InChI=1S/C16H12FNO/c1-10-3-2-4-11(7-10)8-14-13-9-12(17)5-6-15(13)18-16(14)19/h2-9H,1H3,(H,18,19)/b14-8-. The lowest BCUT2D eigenvalue weighted by Crippen LogP contribution is -2.03. The van der Waals surface area contributed by atoms with Crippen LogP contribution in [0.2, 0.25) is 0 Å². The molecule has 3 rings (SSSR count). The fourth-order valence-electron chi connectivity index (χ4n) is 2.23. The smallest absolute Gasteiger partial charge is 0.256 e. The number of benzene rings is 2. The van der Waals surface area contributed by atoms with Crippen LogP contribution in [0.1, 0.15) is 16.7 Å². The third kappa shape index (κ3) is 2.15. The lowest BCUT2D eigenvalue weighted by molar-refractivity contribution is -0.110. The average molecular weight is 253 g/mol. The Morgan fingerprint density at radius 1 is 1.16 bits per heavy atom. The van der Waals surface area contributed by atoms with E-state index in [2.05, 4.69) is 5.32 Å². The maximum Gasteiger partial charge on any atom is 0.256 e. The molecule has 1 N–H and O–H groups in total. The van der Waals surface area contributed by atoms with Gasteiger partial charge in [-0.25, -0.2) is 4.39 Å². The molecule has 0 saturated heterocycles. The topological polar surface area (TPSA) is 29.1 Å². The van der Waals surface area contributed by atoms with Gasteiger partial charge >= 0.3 is 0 Å². The van der Waals surface area contributed by atoms with Crippen molar-refractivity contribution in [1.82, 2.24) is 0 Å². The molecule has 1 aliphatic heterocycles. The molecule has 19 heavy (non-hydrogen) atoms. The second-order valence-corrected chi connectivity index (χ2v) is 4.62. The van der Waals surface area contributed by atoms with Crippen LogP contribution in [0, 0.1) is 12.7 Å². The Morgan fingerprint density at radius 3 is 2.79 bits per heavy atom. The van der Waals surface area contributed by atoms with Crippen molar-refractivity contribution in [3.05, 3.63) is 65.0 Å². The molecule has 0 spiro atoms. The lowest BCUT2D eigenvalue weighted by Gasteiger charge is -2.00. The van der Waals surface area contributed by atoms with Gasteiger partial charge in [-0.05, 0) is 36.8 Å². The molecule has 3 heteroatoms. The highest BCUT2D eigenvalue weighted by atomic mass is 19.1. The molecule has 2 nitrogen and oxygen atoms in total. The van der Waals surface area contributed by atoms with Crippen molar-refractivity contribution in [1.29, 1.82) is 0 Å². The SMILES string of the molecule is Cc1cccc(/C=C2\C(=O)Nc3ccc(F)cc32)c1. The van der Waals surface area contributed by atoms with Crippen molar-refractivity contribution in [3.63, 3.8) is 0 Å². The minimum atomic E-state index is -0.342. The number of halogens is 1. The summed E-state index contributed by atoms with van der Waals surface area (Å²) in [6, 6.07) is 12.1. The van der Waals surface area contributed by atoms with Crippen LogP contribution in [0.5, 0.6) is 0 Å². The first kappa shape index (κ1) is 11.7. The summed E-state index contributed by atoms with van der Waals surface area (Å²) in [5.41, 5.74) is 3.83. The maximum atomic E-state index is 13.3. The third-order valence-corrected chi connectivity index (χ3v) is 3.12. The van der Waals surface area contributed by atoms with Gasteiger partial charge in [0.2, 0.25) is 0 Å². The molecular formula is C16H12FNO. The zero-order valence-corrected chi connectivity index (χ0v) is 10.4. The number of hydrogen-bond acceptors (Lipinski definition) is 1. The first-order valence-corrected chi connectivity index (χ1v) is 6.03. The molecule has 94 valence electrons. The van der Waals surface area contributed by atoms with Crippen LogP contribution >= 0.6 is 0 Å². The van der Waals surface area contributed by atoms with Crippen LogP contribution in [-0.4, -0.2) is 5.91 Å². The van der Waals surface area contributed by atoms with E-state index in [0.717, 1.165) is 11.1 Å². The summed E-state index contributed by atoms with van der Waals surface area (Å²) in [5.74, 6) is -0.535. The number of rotatable bonds is 1. The van der Waals surface area contributed by atoms with E-state index < -0.39 is 0 Å². The van der Waals surface area contributed by atoms with Crippen molar-refractivity contribution in [2.75, 3.05) is 5.32 Å². The zero-order chi connectivity index (χ0) is 13.4. The van der Waals surface area contributed by atoms with Crippen LogP contribution in [0.4, 0.5) is 10.1 Å². The molecule has 1 heterocycles. The van der Waals surface area contributed by atoms with Crippen LogP contribution < -0.4 is 5.32 Å². The molecule has 0 saturated carbocycles. The third-order valence-electron chi connectivity index (χ3n) is 3.12. The number of anilines is 1. The van der Waals surface area contributed by atoms with E-state index >= 15 is 0 Å². The van der Waals surface area contributed by atoms with E-state index in [9.17, 15) is 9.18 Å². The summed E-state index contributed by atoms with van der Waals surface area (Å²) < 4.78 is 13.3. The molecule has 0 fully saturated rings. The number of carbonyl (C=O) groups is 1. The highest BCUT2D eigenvalue weighted by Crippen LogP contribution is 2.33. The summed E-state index contributed by atoms with van der Waals surface area (Å²) in [6.07, 6.45) is 1.79. The van der Waals surface area contributed by atoms with Gasteiger partial charge in [-0.2, -0.15) is 0 Å². The summed E-state index contributed by atoms with van der Waals surface area (Å²) in [5, 5.41) is 2.74. The predicted molar refractivity (Wildman–Crippen MR) is 74.1 cm³/mol. The molecular weight excluding hydrogens is 241 g/mol. The quantitative estimate of drug-likeness (QED) is 0.772. The van der Waals surface area contributed by atoms with E-state index in [-0.39, 0.29) is 11.7 Å². The van der Waals surface area contributed by atoms with Crippen LogP contribution in [-0.2, 0) is 4.79 Å².